The van der Waals surface area contributed by atoms with Gasteiger partial charge in [-0.2, -0.15) is 0 Å². The van der Waals surface area contributed by atoms with Crippen LogP contribution < -0.4 is 0 Å². The summed E-state index contributed by atoms with van der Waals surface area (Å²) in [4.78, 5) is 42.2. The van der Waals surface area contributed by atoms with Crippen molar-refractivity contribution in [2.75, 3.05) is 13.2 Å². The number of fused-ring (bicyclic) bond motifs is 1. The molecule has 28 heavy (non-hydrogen) atoms. The van der Waals surface area contributed by atoms with Gasteiger partial charge in [0.05, 0.1) is 29.2 Å². The van der Waals surface area contributed by atoms with Crippen molar-refractivity contribution in [1.29, 1.82) is 0 Å². The molecule has 3 rings (SSSR count). The first-order valence-electron chi connectivity index (χ1n) is 9.51. The summed E-state index contributed by atoms with van der Waals surface area (Å²) >= 11 is 5.07. The zero-order valence-electron chi connectivity index (χ0n) is 16.2. The van der Waals surface area contributed by atoms with E-state index in [2.05, 4.69) is 22.5 Å². The summed E-state index contributed by atoms with van der Waals surface area (Å²) in [7, 11) is 0. The molecule has 7 atom stereocenters. The normalized spacial score (nSPS) is 37.3. The van der Waals surface area contributed by atoms with Crippen LogP contribution in [0.5, 0.6) is 0 Å². The maximum absolute atomic E-state index is 13.7. The standard InChI is InChI=1S/C19H27BrN2O5S/c1-5-6-21(9(2)3)17(25)15-19-7-11(20)14(28-19)12(18(26)27)13(19)16(24)22(15)10(4)8-23/h5,9-15,23H,1,6-8H2,2-4H3,(H,26,27)/t10-,11?,12-,13+,14-,15?,19?/m1/s1. The molecule has 1 spiro atoms. The predicted molar refractivity (Wildman–Crippen MR) is 110 cm³/mol. The summed E-state index contributed by atoms with van der Waals surface area (Å²) in [5, 5.41) is 19.3. The Morgan fingerprint density at radius 3 is 2.61 bits per heavy atom. The largest absolute Gasteiger partial charge is 0.481 e. The number of carbonyl (C=O) groups excluding carboxylic acids is 2. The number of hydrogen-bond acceptors (Lipinski definition) is 5. The number of thioether (sulfide) groups is 1. The maximum atomic E-state index is 13.7. The van der Waals surface area contributed by atoms with Gasteiger partial charge in [0, 0.05) is 22.7 Å². The lowest BCUT2D eigenvalue weighted by molar-refractivity contribution is -0.149. The summed E-state index contributed by atoms with van der Waals surface area (Å²) in [6.07, 6.45) is 2.20. The quantitative estimate of drug-likeness (QED) is 0.426. The van der Waals surface area contributed by atoms with Gasteiger partial charge in [0.2, 0.25) is 11.8 Å². The number of hydrogen-bond donors (Lipinski definition) is 2. The Morgan fingerprint density at radius 2 is 2.11 bits per heavy atom. The predicted octanol–water partition coefficient (Wildman–Crippen LogP) is 1.34. The molecule has 156 valence electrons. The smallest absolute Gasteiger partial charge is 0.308 e. The molecule has 9 heteroatoms. The van der Waals surface area contributed by atoms with Gasteiger partial charge in [-0.15, -0.1) is 18.3 Å². The van der Waals surface area contributed by atoms with Crippen LogP contribution >= 0.6 is 27.7 Å². The molecule has 0 saturated carbocycles. The number of alkyl halides is 1. The van der Waals surface area contributed by atoms with Gasteiger partial charge in [0.15, 0.2) is 0 Å². The zero-order chi connectivity index (χ0) is 21.0. The number of likely N-dealkylation sites (tertiary alicyclic amines) is 1. The van der Waals surface area contributed by atoms with Crippen molar-refractivity contribution < 1.29 is 24.6 Å². The molecule has 3 saturated heterocycles. The number of halogens is 1. The van der Waals surface area contributed by atoms with Crippen LogP contribution in [-0.2, 0) is 14.4 Å². The van der Waals surface area contributed by atoms with Gasteiger partial charge in [-0.05, 0) is 27.2 Å². The maximum Gasteiger partial charge on any atom is 0.308 e. The minimum Gasteiger partial charge on any atom is -0.481 e. The molecule has 0 aromatic heterocycles. The molecule has 0 aromatic carbocycles. The highest BCUT2D eigenvalue weighted by atomic mass is 79.9. The third-order valence-electron chi connectivity index (χ3n) is 6.22. The highest BCUT2D eigenvalue weighted by Crippen LogP contribution is 2.68. The monoisotopic (exact) mass is 474 g/mol. The average Bonchev–Trinajstić information content (AvgIpc) is 3.21. The second kappa shape index (κ2) is 7.65. The van der Waals surface area contributed by atoms with Crippen LogP contribution in [0.25, 0.3) is 0 Å². The van der Waals surface area contributed by atoms with Crippen LogP contribution in [-0.4, -0.2) is 83.9 Å². The fourth-order valence-corrected chi connectivity index (χ4v) is 8.63. The first kappa shape index (κ1) is 21.6. The minimum atomic E-state index is -1.00. The number of aliphatic hydroxyl groups excluding tert-OH is 1. The van der Waals surface area contributed by atoms with E-state index in [1.807, 2.05) is 13.8 Å². The molecule has 2 bridgehead atoms. The third kappa shape index (κ3) is 2.92. The Labute approximate surface area is 177 Å². The van der Waals surface area contributed by atoms with E-state index in [0.29, 0.717) is 13.0 Å². The van der Waals surface area contributed by atoms with E-state index in [1.165, 1.54) is 16.7 Å². The summed E-state index contributed by atoms with van der Waals surface area (Å²) in [5.41, 5.74) is 0. The SMILES string of the molecule is C=CCN(C(=O)C1N([C@H](C)CO)C(=O)[C@@H]2[C@@H](C(=O)O)[C@@H]3SC12CC3Br)C(C)C. The van der Waals surface area contributed by atoms with Gasteiger partial charge < -0.3 is 20.0 Å². The lowest BCUT2D eigenvalue weighted by atomic mass is 9.71. The van der Waals surface area contributed by atoms with Crippen LogP contribution in [0.4, 0.5) is 0 Å². The highest BCUT2D eigenvalue weighted by molar-refractivity contribution is 9.09. The van der Waals surface area contributed by atoms with Gasteiger partial charge in [-0.3, -0.25) is 14.4 Å². The summed E-state index contributed by atoms with van der Waals surface area (Å²) < 4.78 is -0.798. The first-order chi connectivity index (χ1) is 13.1. The number of nitrogens with zero attached hydrogens (tertiary/aromatic N) is 2. The molecule has 3 aliphatic heterocycles. The fraction of sp³-hybridized carbons (Fsp3) is 0.737. The Balaban J connectivity index is 2.12. The molecule has 2 amide bonds. The first-order valence-corrected chi connectivity index (χ1v) is 11.3. The molecule has 3 heterocycles. The molecule has 3 aliphatic rings. The molecule has 2 N–H and O–H groups in total. The Kier molecular flexibility index (Phi) is 5.91. The van der Waals surface area contributed by atoms with Crippen LogP contribution in [0.2, 0.25) is 0 Å². The third-order valence-corrected chi connectivity index (χ3v) is 9.44. The van der Waals surface area contributed by atoms with Crippen molar-refractivity contribution in [1.82, 2.24) is 9.80 Å². The van der Waals surface area contributed by atoms with Gasteiger partial charge in [0.1, 0.15) is 6.04 Å². The lowest BCUT2D eigenvalue weighted by Crippen LogP contribution is -2.58. The molecule has 0 aromatic rings. The molecule has 3 unspecified atom stereocenters. The van der Waals surface area contributed by atoms with Gasteiger partial charge in [0.25, 0.3) is 0 Å². The molecular formula is C19H27BrN2O5S. The number of rotatable bonds is 7. The summed E-state index contributed by atoms with van der Waals surface area (Å²) in [6, 6.07) is -1.46. The summed E-state index contributed by atoms with van der Waals surface area (Å²) in [6.45, 7) is 9.29. The molecule has 0 radical (unpaired) electrons. The Hall–Kier alpha value is -1.06. The number of carboxylic acids is 1. The van der Waals surface area contributed by atoms with Crippen molar-refractivity contribution in [3.63, 3.8) is 0 Å². The van der Waals surface area contributed by atoms with Crippen molar-refractivity contribution in [3.05, 3.63) is 12.7 Å². The Morgan fingerprint density at radius 1 is 1.46 bits per heavy atom. The zero-order valence-corrected chi connectivity index (χ0v) is 18.6. The van der Waals surface area contributed by atoms with Crippen LogP contribution in [0.15, 0.2) is 12.7 Å². The van der Waals surface area contributed by atoms with E-state index in [4.69, 9.17) is 0 Å². The second-order valence-electron chi connectivity index (χ2n) is 8.15. The van der Waals surface area contributed by atoms with E-state index in [9.17, 15) is 24.6 Å². The average molecular weight is 475 g/mol. The number of aliphatic hydroxyl groups is 1. The second-order valence-corrected chi connectivity index (χ2v) is 10.9. The van der Waals surface area contributed by atoms with E-state index in [1.54, 1.807) is 17.9 Å². The fourth-order valence-electron chi connectivity index (χ4n) is 5.04. The highest BCUT2D eigenvalue weighted by Gasteiger charge is 2.76. The number of aliphatic carboxylic acids is 1. The van der Waals surface area contributed by atoms with E-state index >= 15 is 0 Å². The molecular weight excluding hydrogens is 448 g/mol. The number of carbonyl (C=O) groups is 3. The van der Waals surface area contributed by atoms with Crippen molar-refractivity contribution in [3.8, 4) is 0 Å². The molecule has 7 nitrogen and oxygen atoms in total. The van der Waals surface area contributed by atoms with Crippen molar-refractivity contribution >= 4 is 45.5 Å². The van der Waals surface area contributed by atoms with Crippen LogP contribution in [0, 0.1) is 11.8 Å². The van der Waals surface area contributed by atoms with Gasteiger partial charge in [-0.1, -0.05) is 22.0 Å². The molecule has 0 aliphatic carbocycles. The molecule has 3 fully saturated rings. The van der Waals surface area contributed by atoms with Crippen molar-refractivity contribution in [2.24, 2.45) is 11.8 Å². The van der Waals surface area contributed by atoms with Crippen molar-refractivity contribution in [2.45, 2.75) is 60.1 Å². The van der Waals surface area contributed by atoms with Crippen LogP contribution in [0.1, 0.15) is 27.2 Å². The van der Waals surface area contributed by atoms with Crippen LogP contribution in [0.3, 0.4) is 0 Å². The van der Waals surface area contributed by atoms with E-state index in [-0.39, 0.29) is 34.5 Å². The Bertz CT molecular complexity index is 704. The number of carboxylic acid groups (broad SMARTS) is 1. The van der Waals surface area contributed by atoms with E-state index < -0.39 is 34.6 Å². The van der Waals surface area contributed by atoms with Gasteiger partial charge in [-0.25, -0.2) is 0 Å². The van der Waals surface area contributed by atoms with Gasteiger partial charge >= 0.3 is 5.97 Å². The topological polar surface area (TPSA) is 98.2 Å². The van der Waals surface area contributed by atoms with E-state index in [0.717, 1.165) is 0 Å². The minimum absolute atomic E-state index is 0.0748. The summed E-state index contributed by atoms with van der Waals surface area (Å²) in [5.74, 6) is -3.13. The number of amides is 2. The lowest BCUT2D eigenvalue weighted by Gasteiger charge is -2.40.